The number of rotatable bonds is 4. The molecule has 1 aliphatic rings. The van der Waals surface area contributed by atoms with Crippen LogP contribution in [0.15, 0.2) is 42.5 Å². The lowest BCUT2D eigenvalue weighted by Crippen LogP contribution is -2.37. The van der Waals surface area contributed by atoms with Crippen molar-refractivity contribution in [2.24, 2.45) is 0 Å². The van der Waals surface area contributed by atoms with Gasteiger partial charge in [-0.2, -0.15) is 0 Å². The van der Waals surface area contributed by atoms with E-state index >= 15 is 0 Å². The molecule has 25 heavy (non-hydrogen) atoms. The van der Waals surface area contributed by atoms with Gasteiger partial charge in [-0.25, -0.2) is 9.18 Å². The molecule has 1 heterocycles. The Kier molecular flexibility index (Phi) is 5.11. The van der Waals surface area contributed by atoms with Crippen LogP contribution in [0.2, 0.25) is 10.0 Å². The van der Waals surface area contributed by atoms with Crippen LogP contribution in [0.4, 0.5) is 20.6 Å². The second kappa shape index (κ2) is 7.29. The van der Waals surface area contributed by atoms with Crippen molar-refractivity contribution in [2.45, 2.75) is 0 Å². The lowest BCUT2D eigenvalue weighted by atomic mass is 10.3. The van der Waals surface area contributed by atoms with Gasteiger partial charge in [-0.1, -0.05) is 23.2 Å². The first-order valence-corrected chi connectivity index (χ1v) is 8.26. The van der Waals surface area contributed by atoms with Gasteiger partial charge in [0.2, 0.25) is 5.91 Å². The molecule has 1 fully saturated rings. The Hall–Kier alpha value is -2.31. The molecule has 1 aliphatic heterocycles. The molecule has 2 aromatic carbocycles. The Balaban J connectivity index is 1.61. The van der Waals surface area contributed by atoms with Gasteiger partial charge < -0.3 is 10.2 Å². The minimum atomic E-state index is -0.367. The zero-order valence-electron chi connectivity index (χ0n) is 13.0. The third-order valence-electron chi connectivity index (χ3n) is 3.77. The first kappa shape index (κ1) is 17.5. The van der Waals surface area contributed by atoms with E-state index in [0.717, 1.165) is 0 Å². The SMILES string of the molecule is O=C(CN1CCN(c2ccc(F)cc2)C1=O)Nc1ccc(Cl)c(Cl)c1. The van der Waals surface area contributed by atoms with E-state index in [1.807, 2.05) is 0 Å². The molecule has 0 aliphatic carbocycles. The lowest BCUT2D eigenvalue weighted by molar-refractivity contribution is -0.116. The maximum absolute atomic E-state index is 13.0. The first-order valence-electron chi connectivity index (χ1n) is 7.51. The third-order valence-corrected chi connectivity index (χ3v) is 4.51. The Morgan fingerprint density at radius 1 is 1.08 bits per heavy atom. The van der Waals surface area contributed by atoms with Crippen molar-refractivity contribution in [1.29, 1.82) is 0 Å². The Morgan fingerprint density at radius 2 is 1.80 bits per heavy atom. The summed E-state index contributed by atoms with van der Waals surface area (Å²) in [7, 11) is 0. The lowest BCUT2D eigenvalue weighted by Gasteiger charge is -2.18. The zero-order chi connectivity index (χ0) is 18.0. The summed E-state index contributed by atoms with van der Waals surface area (Å²) < 4.78 is 13.0. The topological polar surface area (TPSA) is 52.7 Å². The average molecular weight is 382 g/mol. The molecule has 1 N–H and O–H groups in total. The van der Waals surface area contributed by atoms with Gasteiger partial charge in [0.05, 0.1) is 10.0 Å². The van der Waals surface area contributed by atoms with Crippen molar-refractivity contribution in [3.63, 3.8) is 0 Å². The molecule has 3 amide bonds. The summed E-state index contributed by atoms with van der Waals surface area (Å²) in [4.78, 5) is 27.5. The number of hydrogen-bond acceptors (Lipinski definition) is 2. The van der Waals surface area contributed by atoms with Gasteiger partial charge in [-0.05, 0) is 42.5 Å². The molecule has 2 aromatic rings. The Bertz CT molecular complexity index is 814. The van der Waals surface area contributed by atoms with E-state index in [0.29, 0.717) is 34.5 Å². The monoisotopic (exact) mass is 381 g/mol. The molecule has 0 saturated carbocycles. The van der Waals surface area contributed by atoms with Crippen molar-refractivity contribution in [1.82, 2.24) is 4.90 Å². The van der Waals surface area contributed by atoms with Crippen LogP contribution in [-0.4, -0.2) is 36.5 Å². The smallest absolute Gasteiger partial charge is 0.324 e. The molecule has 0 bridgehead atoms. The van der Waals surface area contributed by atoms with Crippen LogP contribution in [0.1, 0.15) is 0 Å². The van der Waals surface area contributed by atoms with Crippen molar-refractivity contribution in [2.75, 3.05) is 29.9 Å². The largest absolute Gasteiger partial charge is 0.325 e. The van der Waals surface area contributed by atoms with Crippen LogP contribution in [-0.2, 0) is 4.79 Å². The van der Waals surface area contributed by atoms with Crippen LogP contribution in [0.3, 0.4) is 0 Å². The van der Waals surface area contributed by atoms with Gasteiger partial charge >= 0.3 is 6.03 Å². The number of nitrogens with zero attached hydrogens (tertiary/aromatic N) is 2. The standard InChI is InChI=1S/C17H14Cl2FN3O2/c18-14-6-3-12(9-15(14)19)21-16(24)10-22-7-8-23(17(22)25)13-4-1-11(20)2-5-13/h1-6,9H,7-8,10H2,(H,21,24). The fourth-order valence-electron chi connectivity index (χ4n) is 2.54. The number of urea groups is 1. The highest BCUT2D eigenvalue weighted by Crippen LogP contribution is 2.25. The first-order chi connectivity index (χ1) is 11.9. The zero-order valence-corrected chi connectivity index (χ0v) is 14.5. The van der Waals surface area contributed by atoms with E-state index in [1.54, 1.807) is 18.2 Å². The number of hydrogen-bond donors (Lipinski definition) is 1. The van der Waals surface area contributed by atoms with Gasteiger partial charge in [0.15, 0.2) is 0 Å². The molecule has 0 aromatic heterocycles. The molecule has 3 rings (SSSR count). The van der Waals surface area contributed by atoms with Crippen LogP contribution in [0, 0.1) is 5.82 Å². The van der Waals surface area contributed by atoms with Crippen molar-refractivity contribution >= 4 is 46.5 Å². The molecule has 8 heteroatoms. The molecular formula is C17H14Cl2FN3O2. The summed E-state index contributed by atoms with van der Waals surface area (Å²) in [6.07, 6.45) is 0. The summed E-state index contributed by atoms with van der Waals surface area (Å²) in [5.41, 5.74) is 1.10. The number of amides is 3. The normalized spacial score (nSPS) is 14.1. The number of carbonyl (C=O) groups excluding carboxylic acids is 2. The highest BCUT2D eigenvalue weighted by Gasteiger charge is 2.30. The minimum Gasteiger partial charge on any atom is -0.324 e. The highest BCUT2D eigenvalue weighted by molar-refractivity contribution is 6.42. The second-order valence-corrected chi connectivity index (χ2v) is 6.32. The average Bonchev–Trinajstić information content (AvgIpc) is 2.93. The predicted octanol–water partition coefficient (Wildman–Crippen LogP) is 4.01. The molecule has 5 nitrogen and oxygen atoms in total. The predicted molar refractivity (Wildman–Crippen MR) is 95.8 cm³/mol. The fraction of sp³-hybridized carbons (Fsp3) is 0.176. The summed E-state index contributed by atoms with van der Waals surface area (Å²) >= 11 is 11.7. The molecule has 0 unspecified atom stereocenters. The van der Waals surface area contributed by atoms with Crippen LogP contribution >= 0.6 is 23.2 Å². The second-order valence-electron chi connectivity index (χ2n) is 5.51. The summed E-state index contributed by atoms with van der Waals surface area (Å²) in [6, 6.07) is 10.1. The van der Waals surface area contributed by atoms with Crippen LogP contribution in [0.25, 0.3) is 0 Å². The van der Waals surface area contributed by atoms with Crippen molar-refractivity contribution in [3.05, 3.63) is 58.3 Å². The Labute approximate surface area is 153 Å². The van der Waals surface area contributed by atoms with E-state index in [9.17, 15) is 14.0 Å². The number of anilines is 2. The maximum Gasteiger partial charge on any atom is 0.325 e. The minimum absolute atomic E-state index is 0.0865. The highest BCUT2D eigenvalue weighted by atomic mass is 35.5. The molecule has 0 spiro atoms. The van der Waals surface area contributed by atoms with E-state index in [4.69, 9.17) is 23.2 Å². The van der Waals surface area contributed by atoms with E-state index in [2.05, 4.69) is 5.32 Å². The van der Waals surface area contributed by atoms with E-state index in [1.165, 1.54) is 34.1 Å². The quantitative estimate of drug-likeness (QED) is 0.869. The van der Waals surface area contributed by atoms with Crippen molar-refractivity contribution < 1.29 is 14.0 Å². The maximum atomic E-state index is 13.0. The van der Waals surface area contributed by atoms with Gasteiger partial charge in [0.25, 0.3) is 0 Å². The van der Waals surface area contributed by atoms with E-state index in [-0.39, 0.29) is 24.3 Å². The summed E-state index contributed by atoms with van der Waals surface area (Å²) in [5, 5.41) is 3.40. The molecular weight excluding hydrogens is 368 g/mol. The van der Waals surface area contributed by atoms with E-state index < -0.39 is 0 Å². The number of carbonyl (C=O) groups is 2. The van der Waals surface area contributed by atoms with Gasteiger partial charge in [-0.3, -0.25) is 9.69 Å². The molecule has 0 atom stereocenters. The molecule has 0 radical (unpaired) electrons. The summed E-state index contributed by atoms with van der Waals surface area (Å²) in [6.45, 7) is 0.756. The molecule has 130 valence electrons. The fourth-order valence-corrected chi connectivity index (χ4v) is 2.84. The van der Waals surface area contributed by atoms with Gasteiger partial charge in [0, 0.05) is 24.5 Å². The van der Waals surface area contributed by atoms with Crippen LogP contribution < -0.4 is 10.2 Å². The molecule has 1 saturated heterocycles. The number of halogens is 3. The van der Waals surface area contributed by atoms with Crippen LogP contribution in [0.5, 0.6) is 0 Å². The number of nitrogens with one attached hydrogen (secondary N) is 1. The number of benzene rings is 2. The summed E-state index contributed by atoms with van der Waals surface area (Å²) in [5.74, 6) is -0.707. The van der Waals surface area contributed by atoms with Gasteiger partial charge in [-0.15, -0.1) is 0 Å². The third kappa shape index (κ3) is 4.03. The van der Waals surface area contributed by atoms with Gasteiger partial charge in [0.1, 0.15) is 12.4 Å². The van der Waals surface area contributed by atoms with Crippen molar-refractivity contribution in [3.8, 4) is 0 Å². The Morgan fingerprint density at radius 3 is 2.48 bits per heavy atom.